The van der Waals surface area contributed by atoms with Crippen molar-refractivity contribution in [3.8, 4) is 11.5 Å². The van der Waals surface area contributed by atoms with E-state index in [-0.39, 0.29) is 0 Å². The molecule has 0 fully saturated rings. The Kier molecular flexibility index (Phi) is 3.39. The molecule has 0 saturated heterocycles. The lowest BCUT2D eigenvalue weighted by Gasteiger charge is -1.99. The molecule has 2 aromatic carbocycles. The van der Waals surface area contributed by atoms with Crippen molar-refractivity contribution < 1.29 is 4.42 Å². The summed E-state index contributed by atoms with van der Waals surface area (Å²) in [5.74, 6) is 0.981. The molecule has 0 aliphatic heterocycles. The molecular formula is C15H12ClN3O. The largest absolute Gasteiger partial charge is 0.420 e. The molecule has 3 aromatic rings. The molecule has 0 unspecified atom stereocenters. The average Bonchev–Trinajstić information content (AvgIpc) is 2.90. The van der Waals surface area contributed by atoms with Crippen LogP contribution >= 0.6 is 11.6 Å². The van der Waals surface area contributed by atoms with Gasteiger partial charge < -0.3 is 10.2 Å². The fourth-order valence-electron chi connectivity index (χ4n) is 1.92. The molecule has 0 atom stereocenters. The maximum atomic E-state index is 6.11. The van der Waals surface area contributed by atoms with E-state index < -0.39 is 0 Å². The highest BCUT2D eigenvalue weighted by atomic mass is 35.5. The molecule has 0 aliphatic carbocycles. The minimum absolute atomic E-state index is 0.458. The summed E-state index contributed by atoms with van der Waals surface area (Å²) in [7, 11) is 0. The third kappa shape index (κ3) is 2.65. The Morgan fingerprint density at radius 1 is 1.05 bits per heavy atom. The molecule has 0 saturated carbocycles. The molecule has 0 spiro atoms. The van der Waals surface area contributed by atoms with Crippen LogP contribution in [0.4, 0.5) is 5.69 Å². The van der Waals surface area contributed by atoms with Gasteiger partial charge in [0, 0.05) is 16.3 Å². The maximum Gasteiger partial charge on any atom is 0.247 e. The first-order valence-corrected chi connectivity index (χ1v) is 6.52. The lowest BCUT2D eigenvalue weighted by atomic mass is 10.1. The second kappa shape index (κ2) is 5.35. The number of nitrogen functional groups attached to an aromatic ring is 1. The SMILES string of the molecule is Nc1cccc(-c2nnc(Cc3ccccc3Cl)o2)c1. The number of rotatable bonds is 3. The molecule has 0 bridgehead atoms. The van der Waals surface area contributed by atoms with E-state index >= 15 is 0 Å². The quantitative estimate of drug-likeness (QED) is 0.747. The number of anilines is 1. The van der Waals surface area contributed by atoms with Gasteiger partial charge in [0.25, 0.3) is 0 Å². The van der Waals surface area contributed by atoms with E-state index in [2.05, 4.69) is 10.2 Å². The van der Waals surface area contributed by atoms with Crippen molar-refractivity contribution in [2.45, 2.75) is 6.42 Å². The van der Waals surface area contributed by atoms with Gasteiger partial charge in [-0.1, -0.05) is 35.9 Å². The van der Waals surface area contributed by atoms with Gasteiger partial charge in [0.2, 0.25) is 11.8 Å². The Morgan fingerprint density at radius 2 is 1.90 bits per heavy atom. The monoisotopic (exact) mass is 285 g/mol. The standard InChI is InChI=1S/C15H12ClN3O/c16-13-7-2-1-4-10(13)9-14-18-19-15(20-14)11-5-3-6-12(17)8-11/h1-8H,9,17H2. The van der Waals surface area contributed by atoms with Crippen LogP contribution in [-0.2, 0) is 6.42 Å². The molecule has 4 nitrogen and oxygen atoms in total. The van der Waals surface area contributed by atoms with Gasteiger partial charge in [0.15, 0.2) is 0 Å². The lowest BCUT2D eigenvalue weighted by Crippen LogP contribution is -1.89. The van der Waals surface area contributed by atoms with E-state index in [1.807, 2.05) is 42.5 Å². The van der Waals surface area contributed by atoms with Gasteiger partial charge in [0.05, 0.1) is 6.42 Å². The molecule has 3 rings (SSSR count). The van der Waals surface area contributed by atoms with Crippen LogP contribution in [0.3, 0.4) is 0 Å². The predicted octanol–water partition coefficient (Wildman–Crippen LogP) is 3.56. The van der Waals surface area contributed by atoms with E-state index in [1.54, 1.807) is 6.07 Å². The van der Waals surface area contributed by atoms with Gasteiger partial charge in [0.1, 0.15) is 0 Å². The molecule has 0 radical (unpaired) electrons. The normalized spacial score (nSPS) is 10.7. The average molecular weight is 286 g/mol. The first kappa shape index (κ1) is 12.7. The van der Waals surface area contributed by atoms with Crippen LogP contribution in [0.1, 0.15) is 11.5 Å². The van der Waals surface area contributed by atoms with Gasteiger partial charge in [-0.15, -0.1) is 10.2 Å². The number of benzene rings is 2. The third-order valence-corrected chi connectivity index (χ3v) is 3.27. The van der Waals surface area contributed by atoms with Crippen molar-refractivity contribution in [1.29, 1.82) is 0 Å². The van der Waals surface area contributed by atoms with Crippen molar-refractivity contribution in [3.05, 3.63) is 65.0 Å². The highest BCUT2D eigenvalue weighted by molar-refractivity contribution is 6.31. The summed E-state index contributed by atoms with van der Waals surface area (Å²) < 4.78 is 5.65. The van der Waals surface area contributed by atoms with E-state index in [9.17, 15) is 0 Å². The van der Waals surface area contributed by atoms with Crippen LogP contribution < -0.4 is 5.73 Å². The van der Waals surface area contributed by atoms with Crippen molar-refractivity contribution in [1.82, 2.24) is 10.2 Å². The fraction of sp³-hybridized carbons (Fsp3) is 0.0667. The second-order valence-corrected chi connectivity index (χ2v) is 4.80. The van der Waals surface area contributed by atoms with Crippen LogP contribution in [0.25, 0.3) is 11.5 Å². The third-order valence-electron chi connectivity index (χ3n) is 2.90. The smallest absolute Gasteiger partial charge is 0.247 e. The van der Waals surface area contributed by atoms with E-state index in [1.165, 1.54) is 0 Å². The topological polar surface area (TPSA) is 64.9 Å². The zero-order valence-electron chi connectivity index (χ0n) is 10.6. The summed E-state index contributed by atoms with van der Waals surface area (Å²) in [6.45, 7) is 0. The van der Waals surface area contributed by atoms with Crippen LogP contribution in [0.15, 0.2) is 52.9 Å². The van der Waals surface area contributed by atoms with Gasteiger partial charge in [-0.2, -0.15) is 0 Å². The van der Waals surface area contributed by atoms with Crippen molar-refractivity contribution in [2.75, 3.05) is 5.73 Å². The van der Waals surface area contributed by atoms with Gasteiger partial charge in [-0.3, -0.25) is 0 Å². The fourth-order valence-corrected chi connectivity index (χ4v) is 2.12. The Bertz CT molecular complexity index is 739. The Balaban J connectivity index is 1.86. The Labute approximate surface area is 121 Å². The van der Waals surface area contributed by atoms with Crippen molar-refractivity contribution in [2.24, 2.45) is 0 Å². The molecule has 1 heterocycles. The molecule has 2 N–H and O–H groups in total. The highest BCUT2D eigenvalue weighted by Gasteiger charge is 2.10. The number of nitrogens with zero attached hydrogens (tertiary/aromatic N) is 2. The minimum Gasteiger partial charge on any atom is -0.420 e. The van der Waals surface area contributed by atoms with Crippen LogP contribution in [0, 0.1) is 0 Å². The zero-order chi connectivity index (χ0) is 13.9. The van der Waals surface area contributed by atoms with Crippen LogP contribution in [-0.4, -0.2) is 10.2 Å². The number of hydrogen-bond donors (Lipinski definition) is 1. The summed E-state index contributed by atoms with van der Waals surface area (Å²) in [6.07, 6.45) is 0.509. The molecule has 20 heavy (non-hydrogen) atoms. The summed E-state index contributed by atoms with van der Waals surface area (Å²) in [5.41, 5.74) is 8.16. The Morgan fingerprint density at radius 3 is 2.70 bits per heavy atom. The molecule has 0 amide bonds. The lowest BCUT2D eigenvalue weighted by molar-refractivity contribution is 0.518. The van der Waals surface area contributed by atoms with Crippen molar-refractivity contribution >= 4 is 17.3 Å². The summed E-state index contributed by atoms with van der Waals surface area (Å²) >= 11 is 6.11. The molecular weight excluding hydrogens is 274 g/mol. The Hall–Kier alpha value is -2.33. The van der Waals surface area contributed by atoms with Crippen LogP contribution in [0.5, 0.6) is 0 Å². The van der Waals surface area contributed by atoms with E-state index in [4.69, 9.17) is 21.8 Å². The first-order valence-electron chi connectivity index (χ1n) is 6.14. The molecule has 1 aromatic heterocycles. The van der Waals surface area contributed by atoms with Crippen molar-refractivity contribution in [3.63, 3.8) is 0 Å². The number of nitrogens with two attached hydrogens (primary N) is 1. The highest BCUT2D eigenvalue weighted by Crippen LogP contribution is 2.23. The predicted molar refractivity (Wildman–Crippen MR) is 78.4 cm³/mol. The van der Waals surface area contributed by atoms with E-state index in [0.29, 0.717) is 28.9 Å². The summed E-state index contributed by atoms with van der Waals surface area (Å²) in [6, 6.07) is 14.9. The van der Waals surface area contributed by atoms with Gasteiger partial charge in [-0.05, 0) is 29.8 Å². The maximum absolute atomic E-state index is 6.11. The van der Waals surface area contributed by atoms with Gasteiger partial charge >= 0.3 is 0 Å². The summed E-state index contributed by atoms with van der Waals surface area (Å²) in [4.78, 5) is 0. The van der Waals surface area contributed by atoms with Crippen LogP contribution in [0.2, 0.25) is 5.02 Å². The molecule has 0 aliphatic rings. The number of aromatic nitrogens is 2. The number of halogens is 1. The molecule has 100 valence electrons. The summed E-state index contributed by atoms with van der Waals surface area (Å²) in [5, 5.41) is 8.77. The van der Waals surface area contributed by atoms with Gasteiger partial charge in [-0.25, -0.2) is 0 Å². The second-order valence-electron chi connectivity index (χ2n) is 4.39. The number of hydrogen-bond acceptors (Lipinski definition) is 4. The zero-order valence-corrected chi connectivity index (χ0v) is 11.3. The molecule has 5 heteroatoms. The first-order chi connectivity index (χ1) is 9.72. The minimum atomic E-state index is 0.458. The van der Waals surface area contributed by atoms with E-state index in [0.717, 1.165) is 11.1 Å².